The maximum atomic E-state index is 11.5. The Morgan fingerprint density at radius 1 is 1.50 bits per heavy atom. The molecule has 6 heteroatoms. The van der Waals surface area contributed by atoms with E-state index >= 15 is 0 Å². The van der Waals surface area contributed by atoms with Crippen molar-refractivity contribution in [3.05, 3.63) is 16.1 Å². The van der Waals surface area contributed by atoms with Crippen LogP contribution in [0.1, 0.15) is 43.3 Å². The van der Waals surface area contributed by atoms with Crippen molar-refractivity contribution < 1.29 is 9.59 Å². The minimum Gasteiger partial charge on any atom is -0.356 e. The van der Waals surface area contributed by atoms with Crippen molar-refractivity contribution in [3.8, 4) is 0 Å². The van der Waals surface area contributed by atoms with E-state index in [1.807, 2.05) is 4.90 Å². The first-order chi connectivity index (χ1) is 9.56. The first kappa shape index (κ1) is 15.0. The topological polar surface area (TPSA) is 62.3 Å². The van der Waals surface area contributed by atoms with Crippen LogP contribution in [-0.4, -0.2) is 41.3 Å². The van der Waals surface area contributed by atoms with Crippen molar-refractivity contribution in [3.63, 3.8) is 0 Å². The average molecular weight is 295 g/mol. The molecule has 1 aliphatic heterocycles. The van der Waals surface area contributed by atoms with Gasteiger partial charge in [0.05, 0.1) is 10.7 Å². The molecule has 2 heterocycles. The Balaban J connectivity index is 1.91. The molecule has 1 saturated heterocycles. The summed E-state index contributed by atoms with van der Waals surface area (Å²) in [6.07, 6.45) is 2.91. The van der Waals surface area contributed by atoms with E-state index in [1.54, 1.807) is 18.3 Å². The lowest BCUT2D eigenvalue weighted by atomic mass is 9.99. The van der Waals surface area contributed by atoms with E-state index in [0.29, 0.717) is 12.5 Å². The fraction of sp³-hybridized carbons (Fsp3) is 0.643. The molecule has 1 aromatic rings. The zero-order valence-corrected chi connectivity index (χ0v) is 12.8. The minimum atomic E-state index is -0.00941. The summed E-state index contributed by atoms with van der Waals surface area (Å²) >= 11 is 1.67. The van der Waals surface area contributed by atoms with Crippen molar-refractivity contribution in [2.24, 2.45) is 0 Å². The summed E-state index contributed by atoms with van der Waals surface area (Å²) < 4.78 is 0. The van der Waals surface area contributed by atoms with Gasteiger partial charge >= 0.3 is 0 Å². The van der Waals surface area contributed by atoms with E-state index in [2.05, 4.69) is 15.7 Å². The standard InChI is InChI=1S/C14H21N3O2S/c1-10(18)15-6-5-13-9-20-14(16-13)12-4-3-7-17(8-12)11(2)19/h9,12H,3-8H2,1-2H3,(H,15,18). The molecule has 0 radical (unpaired) electrons. The highest BCUT2D eigenvalue weighted by Gasteiger charge is 2.24. The quantitative estimate of drug-likeness (QED) is 0.916. The number of hydrogen-bond donors (Lipinski definition) is 1. The molecule has 1 fully saturated rings. The van der Waals surface area contributed by atoms with E-state index in [-0.39, 0.29) is 11.8 Å². The molecule has 110 valence electrons. The minimum absolute atomic E-state index is 0.00941. The summed E-state index contributed by atoms with van der Waals surface area (Å²) in [6, 6.07) is 0. The molecule has 1 atom stereocenters. The van der Waals surface area contributed by atoms with Crippen molar-refractivity contribution in [2.75, 3.05) is 19.6 Å². The fourth-order valence-corrected chi connectivity index (χ4v) is 3.44. The molecule has 1 unspecified atom stereocenters. The lowest BCUT2D eigenvalue weighted by Gasteiger charge is -2.30. The van der Waals surface area contributed by atoms with Gasteiger partial charge in [-0.25, -0.2) is 4.98 Å². The summed E-state index contributed by atoms with van der Waals surface area (Å²) in [5, 5.41) is 5.96. The molecule has 2 amide bonds. The van der Waals surface area contributed by atoms with Gasteiger partial charge in [0.15, 0.2) is 0 Å². The van der Waals surface area contributed by atoms with Gasteiger partial charge in [-0.2, -0.15) is 0 Å². The third-order valence-electron chi connectivity index (χ3n) is 3.54. The highest BCUT2D eigenvalue weighted by Crippen LogP contribution is 2.29. The third kappa shape index (κ3) is 4.03. The van der Waals surface area contributed by atoms with Gasteiger partial charge in [-0.05, 0) is 12.8 Å². The van der Waals surface area contributed by atoms with Gasteiger partial charge in [0.2, 0.25) is 11.8 Å². The second-order valence-electron chi connectivity index (χ2n) is 5.21. The summed E-state index contributed by atoms with van der Waals surface area (Å²) in [4.78, 5) is 28.8. The van der Waals surface area contributed by atoms with Gasteiger partial charge in [-0.3, -0.25) is 9.59 Å². The number of nitrogens with one attached hydrogen (secondary N) is 1. The van der Waals surface area contributed by atoms with Crippen LogP contribution < -0.4 is 5.32 Å². The van der Waals surface area contributed by atoms with E-state index in [4.69, 9.17) is 0 Å². The summed E-state index contributed by atoms with van der Waals surface area (Å²) in [5.74, 6) is 0.508. The van der Waals surface area contributed by atoms with Crippen LogP contribution in [0.4, 0.5) is 0 Å². The molecule has 5 nitrogen and oxygen atoms in total. The van der Waals surface area contributed by atoms with Crippen molar-refractivity contribution >= 4 is 23.2 Å². The fourth-order valence-electron chi connectivity index (χ4n) is 2.46. The Morgan fingerprint density at radius 2 is 2.30 bits per heavy atom. The van der Waals surface area contributed by atoms with Crippen LogP contribution in [0.15, 0.2) is 5.38 Å². The maximum Gasteiger partial charge on any atom is 0.219 e. The Bertz CT molecular complexity index is 487. The molecule has 0 saturated carbocycles. The smallest absolute Gasteiger partial charge is 0.219 e. The molecular weight excluding hydrogens is 274 g/mol. The van der Waals surface area contributed by atoms with Crippen LogP contribution in [0.5, 0.6) is 0 Å². The van der Waals surface area contributed by atoms with E-state index in [9.17, 15) is 9.59 Å². The normalized spacial score (nSPS) is 18.9. The van der Waals surface area contributed by atoms with Gasteiger partial charge in [-0.1, -0.05) is 0 Å². The summed E-state index contributed by atoms with van der Waals surface area (Å²) in [7, 11) is 0. The monoisotopic (exact) mass is 295 g/mol. The van der Waals surface area contributed by atoms with Crippen LogP contribution in [0.2, 0.25) is 0 Å². The van der Waals surface area contributed by atoms with Gasteiger partial charge in [0, 0.05) is 51.2 Å². The number of hydrogen-bond acceptors (Lipinski definition) is 4. The van der Waals surface area contributed by atoms with Crippen LogP contribution in [0.3, 0.4) is 0 Å². The number of rotatable bonds is 4. The van der Waals surface area contributed by atoms with Crippen molar-refractivity contribution in [1.29, 1.82) is 0 Å². The van der Waals surface area contributed by atoms with Gasteiger partial charge in [0.25, 0.3) is 0 Å². The second-order valence-corrected chi connectivity index (χ2v) is 6.10. The predicted molar refractivity (Wildman–Crippen MR) is 78.7 cm³/mol. The first-order valence-electron chi connectivity index (χ1n) is 7.00. The highest BCUT2D eigenvalue weighted by atomic mass is 32.1. The Labute approximate surface area is 123 Å². The number of likely N-dealkylation sites (tertiary alicyclic amines) is 1. The number of carbonyl (C=O) groups is 2. The zero-order chi connectivity index (χ0) is 14.5. The number of amides is 2. The van der Waals surface area contributed by atoms with E-state index in [1.165, 1.54) is 6.92 Å². The Hall–Kier alpha value is -1.43. The van der Waals surface area contributed by atoms with E-state index < -0.39 is 0 Å². The van der Waals surface area contributed by atoms with E-state index in [0.717, 1.165) is 43.1 Å². The average Bonchev–Trinajstić information content (AvgIpc) is 2.87. The molecule has 0 spiro atoms. The van der Waals surface area contributed by atoms with Crippen LogP contribution in [0, 0.1) is 0 Å². The molecule has 1 aromatic heterocycles. The van der Waals surface area contributed by atoms with Gasteiger partial charge in [-0.15, -0.1) is 11.3 Å². The summed E-state index contributed by atoms with van der Waals surface area (Å²) in [5.41, 5.74) is 1.03. The lowest BCUT2D eigenvalue weighted by Crippen LogP contribution is -2.37. The molecule has 0 aliphatic carbocycles. The zero-order valence-electron chi connectivity index (χ0n) is 12.0. The molecule has 1 N–H and O–H groups in total. The van der Waals surface area contributed by atoms with Crippen molar-refractivity contribution in [2.45, 2.75) is 39.0 Å². The number of piperidine rings is 1. The Morgan fingerprint density at radius 3 is 3.00 bits per heavy atom. The summed E-state index contributed by atoms with van der Waals surface area (Å²) in [6.45, 7) is 5.43. The number of carbonyl (C=O) groups excluding carboxylic acids is 2. The van der Waals surface area contributed by atoms with Crippen molar-refractivity contribution in [1.82, 2.24) is 15.2 Å². The molecule has 0 aromatic carbocycles. The molecule has 1 aliphatic rings. The first-order valence-corrected chi connectivity index (χ1v) is 7.88. The molecule has 20 heavy (non-hydrogen) atoms. The molecule has 0 bridgehead atoms. The molecule has 2 rings (SSSR count). The third-order valence-corrected chi connectivity index (χ3v) is 4.60. The highest BCUT2D eigenvalue weighted by molar-refractivity contribution is 7.09. The second kappa shape index (κ2) is 6.83. The predicted octanol–water partition coefficient (Wildman–Crippen LogP) is 1.55. The van der Waals surface area contributed by atoms with Crippen LogP contribution in [0.25, 0.3) is 0 Å². The van der Waals surface area contributed by atoms with Gasteiger partial charge < -0.3 is 10.2 Å². The lowest BCUT2D eigenvalue weighted by molar-refractivity contribution is -0.130. The number of aromatic nitrogens is 1. The Kier molecular flexibility index (Phi) is 5.11. The largest absolute Gasteiger partial charge is 0.356 e. The van der Waals surface area contributed by atoms with Crippen LogP contribution >= 0.6 is 11.3 Å². The SMILES string of the molecule is CC(=O)NCCc1csc(C2CCCN(C(C)=O)C2)n1. The number of thiazole rings is 1. The van der Waals surface area contributed by atoms with Gasteiger partial charge in [0.1, 0.15) is 0 Å². The molecular formula is C14H21N3O2S. The maximum absolute atomic E-state index is 11.5. The van der Waals surface area contributed by atoms with Crippen LogP contribution in [-0.2, 0) is 16.0 Å². The number of nitrogens with zero attached hydrogens (tertiary/aromatic N) is 2.